The first-order chi connectivity index (χ1) is 31.5. The molecule has 0 aliphatic rings. The zero-order valence-corrected chi connectivity index (χ0v) is 38.0. The summed E-state index contributed by atoms with van der Waals surface area (Å²) in [6.07, 6.45) is 0.0226. The van der Waals surface area contributed by atoms with E-state index in [1.54, 1.807) is 12.3 Å². The lowest BCUT2D eigenvalue weighted by Gasteiger charge is -2.41. The number of aliphatic hydroxyl groups is 1. The molecule has 0 saturated carbocycles. The Morgan fingerprint density at radius 1 is 0.821 bits per heavy atom. The Morgan fingerprint density at radius 3 is 2.07 bits per heavy atom. The van der Waals surface area contributed by atoms with Gasteiger partial charge >= 0.3 is 17.9 Å². The van der Waals surface area contributed by atoms with Crippen molar-refractivity contribution in [2.45, 2.75) is 82.4 Å². The average molecular weight is 961 g/mol. The van der Waals surface area contributed by atoms with Crippen LogP contribution < -0.4 is 32.7 Å². The van der Waals surface area contributed by atoms with Crippen LogP contribution in [0.1, 0.15) is 63.8 Å². The summed E-state index contributed by atoms with van der Waals surface area (Å²) in [6.45, 7) is 3.76. The maximum atomic E-state index is 15.1. The summed E-state index contributed by atoms with van der Waals surface area (Å²) >= 11 is 0.623. The van der Waals surface area contributed by atoms with Crippen LogP contribution in [-0.2, 0) is 44.9 Å². The molecule has 1 aromatic heterocycles. The number of benzene rings is 2. The lowest BCUT2D eigenvalue weighted by Crippen LogP contribution is -2.51. The minimum absolute atomic E-state index is 0.00182. The third-order valence-corrected chi connectivity index (χ3v) is 11.5. The summed E-state index contributed by atoms with van der Waals surface area (Å²) in [7, 11) is 0. The molecule has 0 aliphatic carbocycles. The second-order valence-corrected chi connectivity index (χ2v) is 17.8. The molecule has 0 radical (unpaired) electrons. The van der Waals surface area contributed by atoms with Crippen molar-refractivity contribution in [1.29, 1.82) is 0 Å². The Balaban J connectivity index is 1.65. The van der Waals surface area contributed by atoms with E-state index in [-0.39, 0.29) is 50.3 Å². The van der Waals surface area contributed by atoms with E-state index >= 15 is 4.39 Å². The van der Waals surface area contributed by atoms with E-state index in [1.165, 1.54) is 4.90 Å². The molecule has 23 heteroatoms. The second-order valence-electron chi connectivity index (χ2n) is 16.5. The predicted octanol–water partition coefficient (Wildman–Crippen LogP) is 0.794. The molecular weight excluding hydrogens is 903 g/mol. The zero-order valence-electron chi connectivity index (χ0n) is 37.2. The predicted molar refractivity (Wildman–Crippen MR) is 241 cm³/mol. The van der Waals surface area contributed by atoms with Crippen LogP contribution in [0.3, 0.4) is 0 Å². The average Bonchev–Trinajstić information content (AvgIpc) is 3.67. The van der Waals surface area contributed by atoms with Gasteiger partial charge in [0.2, 0.25) is 29.5 Å². The fourth-order valence-electron chi connectivity index (χ4n) is 6.85. The molecule has 0 saturated heterocycles. The van der Waals surface area contributed by atoms with Gasteiger partial charge in [0, 0.05) is 67.8 Å². The van der Waals surface area contributed by atoms with Crippen molar-refractivity contribution in [3.63, 3.8) is 0 Å². The van der Waals surface area contributed by atoms with Crippen LogP contribution in [0.15, 0.2) is 60.8 Å². The number of aromatic nitrogens is 1. The molecule has 0 fully saturated rings. The van der Waals surface area contributed by atoms with Gasteiger partial charge in [0.15, 0.2) is 0 Å². The van der Waals surface area contributed by atoms with E-state index in [2.05, 4.69) is 21.3 Å². The van der Waals surface area contributed by atoms with Gasteiger partial charge in [-0.2, -0.15) is 0 Å². The maximum Gasteiger partial charge on any atom is 0.321 e. The van der Waals surface area contributed by atoms with E-state index in [1.807, 2.05) is 55.7 Å². The second kappa shape index (κ2) is 26.0. The van der Waals surface area contributed by atoms with Crippen LogP contribution in [0.2, 0.25) is 0 Å². The standard InChI is InChI=1S/C44H58F2N8O12S/c1-44(2,3)39(33-17-26(28-18-27(45)9-10-29(28)46)22-53(33)21-25-7-5-4-6-8-25)54(37(58)23-55)16-13-30(47)40(61)49-14-15-50-41(62)32(11-12-38(59)60)52-36(57)20-51-35(56)19-34(43(65)66)67-24-31(48)42(63)64/h4-10,17-18,22,30-32,34,39,55H,11-16,19-21,23-24,47-48H2,1-3H3,(H,49,61)(H,50,62)(H,51,56)(H,52,57)(H,59,60)(H,63,64)(H,65,66)/t30-,31?,32+,34-,39-/m0/s1. The molecule has 20 nitrogen and oxygen atoms in total. The van der Waals surface area contributed by atoms with E-state index < -0.39 is 120 Å². The highest BCUT2D eigenvalue weighted by molar-refractivity contribution is 8.00. The third-order valence-electron chi connectivity index (χ3n) is 10.2. The van der Waals surface area contributed by atoms with E-state index in [9.17, 15) is 58.1 Å². The fraction of sp³-hybridized carbons (Fsp3) is 0.455. The highest BCUT2D eigenvalue weighted by atomic mass is 32.2. The lowest BCUT2D eigenvalue weighted by atomic mass is 9.82. The van der Waals surface area contributed by atoms with Crippen LogP contribution in [0.25, 0.3) is 11.1 Å². The molecule has 5 amide bonds. The van der Waals surface area contributed by atoms with Crippen molar-refractivity contribution in [1.82, 2.24) is 30.7 Å². The molecule has 366 valence electrons. The van der Waals surface area contributed by atoms with Gasteiger partial charge in [-0.05, 0) is 48.1 Å². The topological polar surface area (TPSA) is 326 Å². The number of thioether (sulfide) groups is 1. The van der Waals surface area contributed by atoms with Gasteiger partial charge < -0.3 is 62.6 Å². The summed E-state index contributed by atoms with van der Waals surface area (Å²) in [5, 5.41) is 45.8. The van der Waals surface area contributed by atoms with Crippen molar-refractivity contribution in [2.24, 2.45) is 16.9 Å². The van der Waals surface area contributed by atoms with Crippen LogP contribution in [0, 0.1) is 17.0 Å². The van der Waals surface area contributed by atoms with Gasteiger partial charge in [-0.3, -0.25) is 38.4 Å². The lowest BCUT2D eigenvalue weighted by molar-refractivity contribution is -0.140. The van der Waals surface area contributed by atoms with Crippen molar-refractivity contribution in [2.75, 3.05) is 38.5 Å². The number of nitrogens with two attached hydrogens (primary N) is 2. The summed E-state index contributed by atoms with van der Waals surface area (Å²) in [5.74, 6) is -9.66. The quantitative estimate of drug-likeness (QED) is 0.0473. The number of carboxylic acid groups (broad SMARTS) is 3. The van der Waals surface area contributed by atoms with Gasteiger partial charge in [-0.15, -0.1) is 11.8 Å². The number of halogens is 2. The third kappa shape index (κ3) is 17.7. The molecule has 1 unspecified atom stereocenters. The van der Waals surface area contributed by atoms with E-state index in [4.69, 9.17) is 16.6 Å². The molecule has 67 heavy (non-hydrogen) atoms. The van der Waals surface area contributed by atoms with Crippen LogP contribution in [-0.4, -0.2) is 139 Å². The summed E-state index contributed by atoms with van der Waals surface area (Å²) < 4.78 is 31.3. The molecule has 5 atom stereocenters. The smallest absolute Gasteiger partial charge is 0.321 e. The van der Waals surface area contributed by atoms with Crippen LogP contribution in [0.4, 0.5) is 8.78 Å². The number of nitrogens with one attached hydrogen (secondary N) is 4. The summed E-state index contributed by atoms with van der Waals surface area (Å²) in [5.41, 5.74) is 12.7. The first-order valence-electron chi connectivity index (χ1n) is 21.0. The SMILES string of the molecule is CC(C)(C)[C@H](c1cc(-c2cc(F)ccc2F)cn1Cc1ccccc1)N(CC[C@H](N)C(=O)NCCNC(=O)[C@@H](CCC(=O)O)NC(=O)CNC(=O)C[C@H](SCC(N)C(=O)O)C(=O)O)C(=O)CO. The number of hydrogen-bond acceptors (Lipinski definition) is 12. The Hall–Kier alpha value is -6.43. The normalized spacial score (nSPS) is 13.6. The first kappa shape index (κ1) is 54.9. The molecule has 0 spiro atoms. The number of aliphatic hydroxyl groups excluding tert-OH is 1. The van der Waals surface area contributed by atoms with Crippen molar-refractivity contribution in [3.8, 4) is 11.1 Å². The molecule has 2 aromatic carbocycles. The van der Waals surface area contributed by atoms with Gasteiger partial charge in [0.05, 0.1) is 18.6 Å². The Bertz CT molecular complexity index is 2230. The molecule has 3 aromatic rings. The van der Waals surface area contributed by atoms with Crippen molar-refractivity contribution >= 4 is 59.2 Å². The number of hydrogen-bond donors (Lipinski definition) is 10. The maximum absolute atomic E-state index is 15.1. The molecule has 0 aliphatic heterocycles. The number of nitrogens with zero attached hydrogens (tertiary/aromatic N) is 2. The Morgan fingerprint density at radius 2 is 1.48 bits per heavy atom. The van der Waals surface area contributed by atoms with E-state index in [0.717, 1.165) is 23.8 Å². The number of rotatable bonds is 27. The van der Waals surface area contributed by atoms with Crippen LogP contribution >= 0.6 is 11.8 Å². The van der Waals surface area contributed by atoms with Crippen LogP contribution in [0.5, 0.6) is 0 Å². The number of carbonyl (C=O) groups excluding carboxylic acids is 5. The zero-order chi connectivity index (χ0) is 50.0. The highest BCUT2D eigenvalue weighted by Gasteiger charge is 2.37. The highest BCUT2D eigenvalue weighted by Crippen LogP contribution is 2.41. The summed E-state index contributed by atoms with van der Waals surface area (Å²) in [4.78, 5) is 99.8. The summed E-state index contributed by atoms with van der Waals surface area (Å²) in [6, 6.07) is 9.31. The number of carbonyl (C=O) groups is 8. The van der Waals surface area contributed by atoms with Gasteiger partial charge in [-0.25, -0.2) is 8.78 Å². The van der Waals surface area contributed by atoms with Gasteiger partial charge in [0.25, 0.3) is 0 Å². The molecular formula is C44H58F2N8O12S. The van der Waals surface area contributed by atoms with Crippen molar-refractivity contribution < 1.29 is 67.6 Å². The fourth-order valence-corrected chi connectivity index (χ4v) is 7.84. The van der Waals surface area contributed by atoms with Crippen molar-refractivity contribution in [3.05, 3.63) is 83.7 Å². The monoisotopic (exact) mass is 960 g/mol. The minimum atomic E-state index is -1.42. The van der Waals surface area contributed by atoms with E-state index in [0.29, 0.717) is 23.0 Å². The minimum Gasteiger partial charge on any atom is -0.481 e. The number of aliphatic carboxylic acids is 3. The Kier molecular flexibility index (Phi) is 21.3. The Labute approximate surface area is 389 Å². The van der Waals surface area contributed by atoms with Gasteiger partial charge in [-0.1, -0.05) is 51.1 Å². The molecule has 1 heterocycles. The largest absolute Gasteiger partial charge is 0.481 e. The molecule has 3 rings (SSSR count). The number of carboxylic acids is 3. The molecule has 12 N–H and O–H groups in total. The number of amides is 5. The first-order valence-corrected chi connectivity index (χ1v) is 22.1. The van der Waals surface area contributed by atoms with Gasteiger partial charge in [0.1, 0.15) is 35.6 Å². The molecule has 0 bridgehead atoms.